The average molecular weight is 161 g/mol. The molecule has 58 valence electrons. The van der Waals surface area contributed by atoms with Crippen molar-refractivity contribution in [1.29, 1.82) is 0 Å². The van der Waals surface area contributed by atoms with Crippen LogP contribution in [0.2, 0.25) is 0 Å². The molecule has 2 aliphatic rings. The van der Waals surface area contributed by atoms with Gasteiger partial charge in [0.25, 0.3) is 0 Å². The van der Waals surface area contributed by atoms with Gasteiger partial charge in [0, 0.05) is 13.1 Å². The number of piperidine rings is 1. The van der Waals surface area contributed by atoms with Gasteiger partial charge in [-0.05, 0) is 18.3 Å². The maximum atomic E-state index is 10.9. The van der Waals surface area contributed by atoms with Crippen LogP contribution in [0.15, 0.2) is 0 Å². The summed E-state index contributed by atoms with van der Waals surface area (Å²) >= 11 is 0. The van der Waals surface area contributed by atoms with Gasteiger partial charge in [-0.2, -0.15) is 0 Å². The summed E-state index contributed by atoms with van der Waals surface area (Å²) < 4.78 is 23.4. The molecule has 1 saturated heterocycles. The Kier molecular flexibility index (Phi) is 1.15. The van der Waals surface area contributed by atoms with E-state index in [2.05, 4.69) is 0 Å². The first kappa shape index (κ1) is 6.61. The smallest absolute Gasteiger partial charge is 0.211 e. The molecule has 0 spiro atoms. The SMILES string of the molecule is CS(=O)(=O)N1CC2CC2C1. The molecule has 0 radical (unpaired) electrons. The molecule has 0 bridgehead atoms. The van der Waals surface area contributed by atoms with Crippen LogP contribution in [0, 0.1) is 11.8 Å². The summed E-state index contributed by atoms with van der Waals surface area (Å²) in [5.74, 6) is 1.41. The van der Waals surface area contributed by atoms with Gasteiger partial charge >= 0.3 is 0 Å². The quantitative estimate of drug-likeness (QED) is 0.538. The highest BCUT2D eigenvalue weighted by atomic mass is 32.2. The van der Waals surface area contributed by atoms with Crippen LogP contribution in [0.3, 0.4) is 0 Å². The molecule has 2 unspecified atom stereocenters. The fraction of sp³-hybridized carbons (Fsp3) is 1.00. The molecule has 10 heavy (non-hydrogen) atoms. The van der Waals surface area contributed by atoms with Crippen LogP contribution >= 0.6 is 0 Å². The Morgan fingerprint density at radius 1 is 1.30 bits per heavy atom. The van der Waals surface area contributed by atoms with Gasteiger partial charge in [-0.3, -0.25) is 0 Å². The Bertz CT molecular complexity index is 236. The van der Waals surface area contributed by atoms with Crippen molar-refractivity contribution in [3.63, 3.8) is 0 Å². The van der Waals surface area contributed by atoms with Crippen molar-refractivity contribution in [1.82, 2.24) is 4.31 Å². The van der Waals surface area contributed by atoms with Crippen molar-refractivity contribution in [2.45, 2.75) is 6.42 Å². The van der Waals surface area contributed by atoms with E-state index in [9.17, 15) is 8.42 Å². The zero-order chi connectivity index (χ0) is 7.35. The summed E-state index contributed by atoms with van der Waals surface area (Å²) in [6.07, 6.45) is 2.55. The third-order valence-corrected chi connectivity index (χ3v) is 3.65. The van der Waals surface area contributed by atoms with Gasteiger partial charge in [0.15, 0.2) is 0 Å². The van der Waals surface area contributed by atoms with Gasteiger partial charge in [-0.1, -0.05) is 0 Å². The minimum atomic E-state index is -2.87. The van der Waals surface area contributed by atoms with E-state index in [0.29, 0.717) is 11.8 Å². The first-order valence-electron chi connectivity index (χ1n) is 3.52. The van der Waals surface area contributed by atoms with Crippen molar-refractivity contribution in [2.24, 2.45) is 11.8 Å². The highest BCUT2D eigenvalue weighted by Gasteiger charge is 2.47. The summed E-state index contributed by atoms with van der Waals surface area (Å²) in [5.41, 5.74) is 0. The number of nitrogens with zero attached hydrogens (tertiary/aromatic N) is 1. The molecule has 0 aromatic heterocycles. The second-order valence-electron chi connectivity index (χ2n) is 3.34. The molecular formula is C6H11NO2S. The minimum Gasteiger partial charge on any atom is -0.213 e. The summed E-state index contributed by atoms with van der Waals surface area (Å²) in [4.78, 5) is 0. The van der Waals surface area contributed by atoms with E-state index in [1.807, 2.05) is 0 Å². The first-order valence-corrected chi connectivity index (χ1v) is 5.37. The number of hydrogen-bond acceptors (Lipinski definition) is 2. The Balaban J connectivity index is 2.10. The van der Waals surface area contributed by atoms with Gasteiger partial charge < -0.3 is 0 Å². The van der Waals surface area contributed by atoms with E-state index in [0.717, 1.165) is 13.1 Å². The molecule has 1 heterocycles. The van der Waals surface area contributed by atoms with Crippen molar-refractivity contribution in [3.05, 3.63) is 0 Å². The molecule has 2 fully saturated rings. The van der Waals surface area contributed by atoms with Crippen LogP contribution in [0.4, 0.5) is 0 Å². The normalized spacial score (nSPS) is 39.7. The average Bonchev–Trinajstić information content (AvgIpc) is 2.38. The molecule has 0 N–H and O–H groups in total. The van der Waals surface area contributed by atoms with E-state index in [1.54, 1.807) is 4.31 Å². The fourth-order valence-electron chi connectivity index (χ4n) is 1.63. The number of fused-ring (bicyclic) bond motifs is 1. The third kappa shape index (κ3) is 0.953. The van der Waals surface area contributed by atoms with Crippen molar-refractivity contribution >= 4 is 10.0 Å². The molecule has 2 rings (SSSR count). The van der Waals surface area contributed by atoms with Gasteiger partial charge in [0.1, 0.15) is 0 Å². The zero-order valence-corrected chi connectivity index (χ0v) is 6.76. The molecule has 1 saturated carbocycles. The van der Waals surface area contributed by atoms with Gasteiger partial charge in [-0.25, -0.2) is 12.7 Å². The van der Waals surface area contributed by atoms with Gasteiger partial charge in [0.2, 0.25) is 10.0 Å². The van der Waals surface area contributed by atoms with Gasteiger partial charge in [-0.15, -0.1) is 0 Å². The highest BCUT2D eigenvalue weighted by molar-refractivity contribution is 7.88. The van der Waals surface area contributed by atoms with Gasteiger partial charge in [0.05, 0.1) is 6.26 Å². The number of rotatable bonds is 1. The third-order valence-electron chi connectivity index (χ3n) is 2.41. The van der Waals surface area contributed by atoms with Crippen LogP contribution in [-0.2, 0) is 10.0 Å². The molecule has 1 aliphatic carbocycles. The zero-order valence-electron chi connectivity index (χ0n) is 5.95. The summed E-state index contributed by atoms with van der Waals surface area (Å²) in [5, 5.41) is 0. The Morgan fingerprint density at radius 2 is 1.80 bits per heavy atom. The number of hydrogen-bond donors (Lipinski definition) is 0. The van der Waals surface area contributed by atoms with E-state index in [-0.39, 0.29) is 0 Å². The lowest BCUT2D eigenvalue weighted by molar-refractivity contribution is 0.447. The van der Waals surface area contributed by atoms with Crippen LogP contribution in [0.5, 0.6) is 0 Å². The molecular weight excluding hydrogens is 150 g/mol. The molecule has 3 nitrogen and oxygen atoms in total. The lowest BCUT2D eigenvalue weighted by atomic mass is 10.4. The van der Waals surface area contributed by atoms with Crippen LogP contribution in [-0.4, -0.2) is 32.1 Å². The Morgan fingerprint density at radius 3 is 2.10 bits per heavy atom. The summed E-state index contributed by atoms with van der Waals surface area (Å²) in [7, 11) is -2.87. The first-order chi connectivity index (χ1) is 4.57. The Hall–Kier alpha value is -0.0900. The highest BCUT2D eigenvalue weighted by Crippen LogP contribution is 2.45. The van der Waals surface area contributed by atoms with Crippen molar-refractivity contribution < 1.29 is 8.42 Å². The van der Waals surface area contributed by atoms with E-state index in [1.165, 1.54) is 12.7 Å². The lowest BCUT2D eigenvalue weighted by Crippen LogP contribution is -2.28. The van der Waals surface area contributed by atoms with Crippen LogP contribution < -0.4 is 0 Å². The van der Waals surface area contributed by atoms with Crippen LogP contribution in [0.1, 0.15) is 6.42 Å². The van der Waals surface area contributed by atoms with Crippen LogP contribution in [0.25, 0.3) is 0 Å². The predicted molar refractivity (Wildman–Crippen MR) is 38.0 cm³/mol. The molecule has 0 aromatic carbocycles. The second-order valence-corrected chi connectivity index (χ2v) is 5.32. The molecule has 1 aliphatic heterocycles. The molecule has 4 heteroatoms. The standard InChI is InChI=1S/C6H11NO2S/c1-10(8,9)7-3-5-2-6(5)4-7/h5-6H,2-4H2,1H3. The molecule has 0 aromatic rings. The van der Waals surface area contributed by atoms with E-state index < -0.39 is 10.0 Å². The predicted octanol–water partition coefficient (Wildman–Crippen LogP) is -0.102. The fourth-order valence-corrected chi connectivity index (χ4v) is 2.55. The van der Waals surface area contributed by atoms with Crippen molar-refractivity contribution in [3.8, 4) is 0 Å². The maximum Gasteiger partial charge on any atom is 0.211 e. The topological polar surface area (TPSA) is 37.4 Å². The maximum absolute atomic E-state index is 10.9. The summed E-state index contributed by atoms with van der Waals surface area (Å²) in [6, 6.07) is 0. The Labute approximate surface area is 61.1 Å². The minimum absolute atomic E-state index is 0.703. The van der Waals surface area contributed by atoms with E-state index in [4.69, 9.17) is 0 Å². The van der Waals surface area contributed by atoms with E-state index >= 15 is 0 Å². The molecule has 0 amide bonds. The van der Waals surface area contributed by atoms with Crippen molar-refractivity contribution in [2.75, 3.05) is 19.3 Å². The molecule has 2 atom stereocenters. The monoisotopic (exact) mass is 161 g/mol. The summed E-state index contributed by atoms with van der Waals surface area (Å²) in [6.45, 7) is 1.56. The lowest BCUT2D eigenvalue weighted by Gasteiger charge is -2.13. The number of sulfonamides is 1. The largest absolute Gasteiger partial charge is 0.213 e. The second kappa shape index (κ2) is 1.74.